The molecule has 4 nitrogen and oxygen atoms in total. The van der Waals surface area contributed by atoms with Crippen LogP contribution in [0.3, 0.4) is 0 Å². The lowest BCUT2D eigenvalue weighted by atomic mass is 10.2. The number of anilines is 1. The summed E-state index contributed by atoms with van der Waals surface area (Å²) in [5.74, 6) is -0.373. The molecule has 0 fully saturated rings. The Labute approximate surface area is 104 Å². The zero-order valence-corrected chi connectivity index (χ0v) is 10.5. The van der Waals surface area contributed by atoms with E-state index in [1.54, 1.807) is 9.58 Å². The minimum Gasteiger partial charge on any atom is -0.347 e. The zero-order chi connectivity index (χ0) is 13.3. The normalized spacial score (nSPS) is 10.7. The van der Waals surface area contributed by atoms with Crippen LogP contribution in [-0.2, 0) is 6.54 Å². The van der Waals surface area contributed by atoms with E-state index in [1.807, 2.05) is 21.0 Å². The molecule has 96 valence electrons. The van der Waals surface area contributed by atoms with E-state index < -0.39 is 11.6 Å². The van der Waals surface area contributed by atoms with Gasteiger partial charge in [-0.1, -0.05) is 0 Å². The van der Waals surface area contributed by atoms with Crippen LogP contribution < -0.4 is 4.90 Å². The number of rotatable bonds is 3. The van der Waals surface area contributed by atoms with Crippen LogP contribution in [0.25, 0.3) is 11.4 Å². The van der Waals surface area contributed by atoms with E-state index in [4.69, 9.17) is 0 Å². The number of aromatic nitrogens is 3. The molecule has 0 aliphatic carbocycles. The summed E-state index contributed by atoms with van der Waals surface area (Å²) < 4.78 is 28.2. The fourth-order valence-electron chi connectivity index (χ4n) is 1.66. The molecule has 1 heterocycles. The molecule has 0 aliphatic rings. The lowest BCUT2D eigenvalue weighted by molar-refractivity contribution is 0.584. The minimum atomic E-state index is -0.659. The molecule has 1 aromatic carbocycles. The molecule has 0 amide bonds. The third kappa shape index (κ3) is 2.18. The van der Waals surface area contributed by atoms with Gasteiger partial charge in [-0.3, -0.25) is 0 Å². The highest BCUT2D eigenvalue weighted by atomic mass is 19.1. The van der Waals surface area contributed by atoms with E-state index in [1.165, 1.54) is 12.1 Å². The second kappa shape index (κ2) is 4.72. The van der Waals surface area contributed by atoms with Crippen LogP contribution in [0, 0.1) is 11.6 Å². The SMILES string of the molecule is CCn1nc(-c2ccc(F)cc2F)nc1N(C)C. The summed E-state index contributed by atoms with van der Waals surface area (Å²) in [4.78, 5) is 6.05. The Morgan fingerprint density at radius 2 is 2.00 bits per heavy atom. The van der Waals surface area contributed by atoms with Gasteiger partial charge in [-0.15, -0.1) is 5.10 Å². The summed E-state index contributed by atoms with van der Waals surface area (Å²) in [5.41, 5.74) is 0.201. The molecule has 0 aliphatic heterocycles. The van der Waals surface area contributed by atoms with Crippen molar-refractivity contribution in [2.45, 2.75) is 13.5 Å². The molecular formula is C12H14F2N4. The van der Waals surface area contributed by atoms with Gasteiger partial charge in [-0.05, 0) is 19.1 Å². The maximum atomic E-state index is 13.6. The van der Waals surface area contributed by atoms with Crippen LogP contribution in [0.4, 0.5) is 14.7 Å². The second-order valence-corrected chi connectivity index (χ2v) is 4.07. The predicted octanol–water partition coefficient (Wildman–Crippen LogP) is 2.31. The van der Waals surface area contributed by atoms with Gasteiger partial charge in [0.1, 0.15) is 11.6 Å². The Morgan fingerprint density at radius 3 is 2.50 bits per heavy atom. The Morgan fingerprint density at radius 1 is 1.28 bits per heavy atom. The molecule has 0 saturated carbocycles. The van der Waals surface area contributed by atoms with Gasteiger partial charge < -0.3 is 4.90 Å². The molecule has 1 aromatic heterocycles. The quantitative estimate of drug-likeness (QED) is 0.840. The highest BCUT2D eigenvalue weighted by Crippen LogP contribution is 2.22. The average molecular weight is 252 g/mol. The second-order valence-electron chi connectivity index (χ2n) is 4.07. The predicted molar refractivity (Wildman–Crippen MR) is 65.4 cm³/mol. The first kappa shape index (κ1) is 12.5. The van der Waals surface area contributed by atoms with Gasteiger partial charge in [0.2, 0.25) is 5.95 Å². The third-order valence-corrected chi connectivity index (χ3v) is 2.52. The molecule has 0 N–H and O–H groups in total. The first-order valence-electron chi connectivity index (χ1n) is 5.60. The zero-order valence-electron chi connectivity index (χ0n) is 10.5. The Balaban J connectivity index is 2.51. The van der Waals surface area contributed by atoms with Gasteiger partial charge >= 0.3 is 0 Å². The Kier molecular flexibility index (Phi) is 3.27. The summed E-state index contributed by atoms with van der Waals surface area (Å²) in [6.45, 7) is 2.55. The molecule has 0 saturated heterocycles. The number of hydrogen-bond acceptors (Lipinski definition) is 3. The summed E-state index contributed by atoms with van der Waals surface area (Å²) in [6.07, 6.45) is 0. The number of hydrogen-bond donors (Lipinski definition) is 0. The number of nitrogens with zero attached hydrogens (tertiary/aromatic N) is 4. The van der Waals surface area contributed by atoms with Crippen LogP contribution in [-0.4, -0.2) is 28.9 Å². The number of aryl methyl sites for hydroxylation is 1. The first-order chi connectivity index (χ1) is 8.52. The largest absolute Gasteiger partial charge is 0.347 e. The van der Waals surface area contributed by atoms with Crippen LogP contribution in [0.2, 0.25) is 0 Å². The lowest BCUT2D eigenvalue weighted by Crippen LogP contribution is -2.15. The van der Waals surface area contributed by atoms with Gasteiger partial charge in [-0.25, -0.2) is 13.5 Å². The molecule has 0 bridgehead atoms. The molecule has 2 rings (SSSR count). The first-order valence-corrected chi connectivity index (χ1v) is 5.60. The smallest absolute Gasteiger partial charge is 0.223 e. The molecule has 0 radical (unpaired) electrons. The van der Waals surface area contributed by atoms with Crippen molar-refractivity contribution in [1.29, 1.82) is 0 Å². The average Bonchev–Trinajstić information content (AvgIpc) is 2.73. The van der Waals surface area contributed by atoms with Crippen molar-refractivity contribution in [3.05, 3.63) is 29.8 Å². The topological polar surface area (TPSA) is 34.0 Å². The van der Waals surface area contributed by atoms with E-state index >= 15 is 0 Å². The van der Waals surface area contributed by atoms with Gasteiger partial charge in [0.25, 0.3) is 0 Å². The van der Waals surface area contributed by atoms with E-state index in [2.05, 4.69) is 10.1 Å². The molecule has 6 heteroatoms. The number of benzene rings is 1. The monoisotopic (exact) mass is 252 g/mol. The van der Waals surface area contributed by atoms with Crippen LogP contribution in [0.15, 0.2) is 18.2 Å². The molecular weight excluding hydrogens is 238 g/mol. The van der Waals surface area contributed by atoms with Crippen molar-refractivity contribution >= 4 is 5.95 Å². The van der Waals surface area contributed by atoms with Crippen molar-refractivity contribution in [2.75, 3.05) is 19.0 Å². The summed E-state index contributed by atoms with van der Waals surface area (Å²) in [7, 11) is 3.67. The van der Waals surface area contributed by atoms with Crippen LogP contribution >= 0.6 is 0 Å². The maximum absolute atomic E-state index is 13.6. The number of halogens is 2. The van der Waals surface area contributed by atoms with E-state index in [0.29, 0.717) is 12.5 Å². The molecule has 18 heavy (non-hydrogen) atoms. The van der Waals surface area contributed by atoms with Crippen molar-refractivity contribution in [2.24, 2.45) is 0 Å². The lowest BCUT2D eigenvalue weighted by Gasteiger charge is -2.10. The third-order valence-electron chi connectivity index (χ3n) is 2.52. The maximum Gasteiger partial charge on any atom is 0.223 e. The van der Waals surface area contributed by atoms with Crippen LogP contribution in [0.1, 0.15) is 6.92 Å². The van der Waals surface area contributed by atoms with Gasteiger partial charge in [-0.2, -0.15) is 4.98 Å². The van der Waals surface area contributed by atoms with Gasteiger partial charge in [0, 0.05) is 26.7 Å². The minimum absolute atomic E-state index is 0.201. The van der Waals surface area contributed by atoms with Crippen molar-refractivity contribution < 1.29 is 8.78 Å². The summed E-state index contributed by atoms with van der Waals surface area (Å²) in [6, 6.07) is 3.37. The Hall–Kier alpha value is -1.98. The summed E-state index contributed by atoms with van der Waals surface area (Å²) in [5, 5.41) is 4.21. The summed E-state index contributed by atoms with van der Waals surface area (Å²) >= 11 is 0. The highest BCUT2D eigenvalue weighted by molar-refractivity contribution is 5.57. The van der Waals surface area contributed by atoms with E-state index in [-0.39, 0.29) is 11.4 Å². The van der Waals surface area contributed by atoms with E-state index in [9.17, 15) is 8.78 Å². The molecule has 0 atom stereocenters. The standard InChI is InChI=1S/C12H14F2N4/c1-4-18-12(17(2)3)15-11(16-18)9-6-5-8(13)7-10(9)14/h5-7H,4H2,1-3H3. The highest BCUT2D eigenvalue weighted by Gasteiger charge is 2.15. The van der Waals surface area contributed by atoms with Crippen LogP contribution in [0.5, 0.6) is 0 Å². The fraction of sp³-hybridized carbons (Fsp3) is 0.333. The van der Waals surface area contributed by atoms with Crippen molar-refractivity contribution in [3.63, 3.8) is 0 Å². The Bertz CT molecular complexity index is 563. The fourth-order valence-corrected chi connectivity index (χ4v) is 1.66. The van der Waals surface area contributed by atoms with Crippen molar-refractivity contribution in [1.82, 2.24) is 14.8 Å². The molecule has 0 unspecified atom stereocenters. The van der Waals surface area contributed by atoms with E-state index in [0.717, 1.165) is 6.07 Å². The van der Waals surface area contributed by atoms with Gasteiger partial charge in [0.15, 0.2) is 5.82 Å². The molecule has 0 spiro atoms. The van der Waals surface area contributed by atoms with Gasteiger partial charge in [0.05, 0.1) is 5.56 Å². The molecule has 2 aromatic rings. The van der Waals surface area contributed by atoms with Crippen molar-refractivity contribution in [3.8, 4) is 11.4 Å².